The number of carbonyl (C=O) groups excluding carboxylic acids is 1. The quantitative estimate of drug-likeness (QED) is 0.584. The molecule has 2 N–H and O–H groups in total. The zero-order chi connectivity index (χ0) is 20.1. The maximum atomic E-state index is 13.6. The van der Waals surface area contributed by atoms with Crippen molar-refractivity contribution in [2.75, 3.05) is 32.0 Å². The molecule has 164 valence electrons. The van der Waals surface area contributed by atoms with E-state index in [1.165, 1.54) is 16.5 Å². The average molecular weight is 471 g/mol. The number of thioether (sulfide) groups is 1. The number of rotatable bonds is 7. The molecule has 1 amide bonds. The lowest BCUT2D eigenvalue weighted by atomic mass is 9.86. The predicted molar refractivity (Wildman–Crippen MR) is 125 cm³/mol. The van der Waals surface area contributed by atoms with Crippen LogP contribution in [-0.4, -0.2) is 37.9 Å². The van der Waals surface area contributed by atoms with Gasteiger partial charge in [0.2, 0.25) is 0 Å². The predicted octanol–water partition coefficient (Wildman–Crippen LogP) is 4.51. The number of ether oxygens (including phenoxy) is 1. The molecule has 30 heavy (non-hydrogen) atoms. The van der Waals surface area contributed by atoms with Gasteiger partial charge in [-0.3, -0.25) is 4.79 Å². The zero-order valence-electron chi connectivity index (χ0n) is 16.9. The summed E-state index contributed by atoms with van der Waals surface area (Å²) >= 11 is 3.30. The van der Waals surface area contributed by atoms with Crippen molar-refractivity contribution < 1.29 is 13.9 Å². The number of benzene rings is 1. The first-order valence-electron chi connectivity index (χ1n) is 10.3. The van der Waals surface area contributed by atoms with Gasteiger partial charge in [-0.1, -0.05) is 18.2 Å². The van der Waals surface area contributed by atoms with Crippen LogP contribution in [0.5, 0.6) is 0 Å². The van der Waals surface area contributed by atoms with Crippen molar-refractivity contribution in [3.8, 4) is 0 Å². The Hall–Kier alpha value is -1.12. The molecule has 2 aromatic rings. The summed E-state index contributed by atoms with van der Waals surface area (Å²) in [5, 5.41) is 6.44. The molecule has 0 unspecified atom stereocenters. The minimum Gasteiger partial charge on any atom is -0.369 e. The lowest BCUT2D eigenvalue weighted by Gasteiger charge is -2.40. The number of amides is 1. The average Bonchev–Trinajstić information content (AvgIpc) is 3.19. The van der Waals surface area contributed by atoms with Crippen LogP contribution in [0.2, 0.25) is 0 Å². The summed E-state index contributed by atoms with van der Waals surface area (Å²) in [6, 6.07) is 8.95. The minimum absolute atomic E-state index is 0. The van der Waals surface area contributed by atoms with E-state index in [2.05, 4.69) is 16.7 Å². The molecule has 0 bridgehead atoms. The fourth-order valence-corrected chi connectivity index (χ4v) is 6.27. The second kappa shape index (κ2) is 11.0. The summed E-state index contributed by atoms with van der Waals surface area (Å²) in [4.78, 5) is 14.7. The van der Waals surface area contributed by atoms with Crippen LogP contribution in [0.25, 0.3) is 0 Å². The van der Waals surface area contributed by atoms with Gasteiger partial charge in [-0.25, -0.2) is 4.39 Å². The number of piperidine rings is 1. The maximum Gasteiger partial charge on any atom is 0.261 e. The first-order valence-corrected chi connectivity index (χ1v) is 12.2. The van der Waals surface area contributed by atoms with Crippen molar-refractivity contribution in [3.63, 3.8) is 0 Å². The lowest BCUT2D eigenvalue weighted by Crippen LogP contribution is -2.43. The van der Waals surface area contributed by atoms with Crippen LogP contribution >= 0.6 is 35.5 Å². The Kier molecular flexibility index (Phi) is 8.60. The molecule has 1 aromatic heterocycles. The Balaban J connectivity index is 0.00000256. The molecule has 4 rings (SSSR count). The molecule has 0 saturated carbocycles. The summed E-state index contributed by atoms with van der Waals surface area (Å²) in [6.07, 6.45) is 3.71. The Morgan fingerprint density at radius 2 is 2.10 bits per heavy atom. The molecule has 2 aliphatic heterocycles. The smallest absolute Gasteiger partial charge is 0.261 e. The fourth-order valence-electron chi connectivity index (χ4n) is 4.00. The van der Waals surface area contributed by atoms with Gasteiger partial charge in [0.15, 0.2) is 0 Å². The molecule has 0 radical (unpaired) electrons. The summed E-state index contributed by atoms with van der Waals surface area (Å²) in [5.41, 5.74) is 1.83. The Morgan fingerprint density at radius 1 is 1.30 bits per heavy atom. The number of carbonyl (C=O) groups is 1. The van der Waals surface area contributed by atoms with E-state index in [1.54, 1.807) is 29.2 Å². The summed E-state index contributed by atoms with van der Waals surface area (Å²) in [7, 11) is 0. The fraction of sp³-hybridized carbons (Fsp3) is 0.500. The van der Waals surface area contributed by atoms with Crippen LogP contribution in [0.4, 0.5) is 4.39 Å². The standard InChI is InChI=1S/C22H27FN2O2S2.ClH/c23-18-5-2-1-4-17(18)15-28-13-3-9-25-21(26)19-14-16-6-12-27-22(20(16)29-19)7-10-24-11-8-22;/h1-2,4-5,14,24H,3,6-13,15H2,(H,25,26);1H. The maximum absolute atomic E-state index is 13.6. The van der Waals surface area contributed by atoms with E-state index in [4.69, 9.17) is 4.74 Å². The first-order chi connectivity index (χ1) is 14.2. The molecule has 4 nitrogen and oxygen atoms in total. The lowest BCUT2D eigenvalue weighted by molar-refractivity contribution is -0.0771. The van der Waals surface area contributed by atoms with Gasteiger partial charge in [0.1, 0.15) is 11.4 Å². The van der Waals surface area contributed by atoms with Gasteiger partial charge in [0, 0.05) is 17.2 Å². The molecule has 0 aliphatic carbocycles. The third-order valence-corrected chi connectivity index (χ3v) is 8.03. The molecule has 1 fully saturated rings. The van der Waals surface area contributed by atoms with E-state index in [1.807, 2.05) is 12.1 Å². The van der Waals surface area contributed by atoms with Crippen molar-refractivity contribution in [1.82, 2.24) is 10.6 Å². The Labute approximate surface area is 191 Å². The van der Waals surface area contributed by atoms with Crippen LogP contribution in [0.3, 0.4) is 0 Å². The second-order valence-corrected chi connectivity index (χ2v) is 9.72. The van der Waals surface area contributed by atoms with E-state index < -0.39 is 0 Å². The van der Waals surface area contributed by atoms with E-state index in [9.17, 15) is 9.18 Å². The van der Waals surface area contributed by atoms with Crippen molar-refractivity contribution in [3.05, 3.63) is 57.0 Å². The highest BCUT2D eigenvalue weighted by atomic mass is 35.5. The van der Waals surface area contributed by atoms with E-state index >= 15 is 0 Å². The topological polar surface area (TPSA) is 50.4 Å². The van der Waals surface area contributed by atoms with Gasteiger partial charge < -0.3 is 15.4 Å². The van der Waals surface area contributed by atoms with Crippen LogP contribution in [0.1, 0.15) is 44.9 Å². The van der Waals surface area contributed by atoms with Gasteiger partial charge >= 0.3 is 0 Å². The number of fused-ring (bicyclic) bond motifs is 2. The molecule has 8 heteroatoms. The largest absolute Gasteiger partial charge is 0.369 e. The molecular weight excluding hydrogens is 443 g/mol. The molecule has 1 spiro atoms. The van der Waals surface area contributed by atoms with E-state index in [-0.39, 0.29) is 29.7 Å². The second-order valence-electron chi connectivity index (χ2n) is 7.56. The van der Waals surface area contributed by atoms with Gasteiger partial charge in [0.25, 0.3) is 5.91 Å². The third-order valence-electron chi connectivity index (χ3n) is 5.57. The third kappa shape index (κ3) is 5.37. The summed E-state index contributed by atoms with van der Waals surface area (Å²) < 4.78 is 19.8. The number of nitrogens with one attached hydrogen (secondary N) is 2. The van der Waals surface area contributed by atoms with Crippen molar-refractivity contribution in [2.24, 2.45) is 0 Å². The first kappa shape index (κ1) is 23.5. The highest BCUT2D eigenvalue weighted by Crippen LogP contribution is 2.44. The van der Waals surface area contributed by atoms with Crippen LogP contribution < -0.4 is 10.6 Å². The normalized spacial score (nSPS) is 17.2. The Morgan fingerprint density at radius 3 is 2.90 bits per heavy atom. The summed E-state index contributed by atoms with van der Waals surface area (Å²) in [6.45, 7) is 3.30. The molecule has 1 aromatic carbocycles. The number of hydrogen-bond donors (Lipinski definition) is 2. The highest BCUT2D eigenvalue weighted by molar-refractivity contribution is 7.98. The monoisotopic (exact) mass is 470 g/mol. The van der Waals surface area contributed by atoms with Gasteiger partial charge in [-0.2, -0.15) is 11.8 Å². The number of hydrogen-bond acceptors (Lipinski definition) is 5. The van der Waals surface area contributed by atoms with Crippen molar-refractivity contribution in [2.45, 2.75) is 37.0 Å². The molecule has 2 aliphatic rings. The van der Waals surface area contributed by atoms with Crippen LogP contribution in [0, 0.1) is 5.82 Å². The minimum atomic E-state index is -0.189. The Bertz CT molecular complexity index is 855. The number of halogens is 2. The van der Waals surface area contributed by atoms with Crippen LogP contribution in [-0.2, 0) is 22.5 Å². The van der Waals surface area contributed by atoms with Crippen molar-refractivity contribution in [1.29, 1.82) is 0 Å². The molecular formula is C22H28ClFN2O2S2. The highest BCUT2D eigenvalue weighted by Gasteiger charge is 2.41. The summed E-state index contributed by atoms with van der Waals surface area (Å²) in [5.74, 6) is 1.41. The van der Waals surface area contributed by atoms with E-state index in [0.717, 1.165) is 61.6 Å². The van der Waals surface area contributed by atoms with Crippen LogP contribution in [0.15, 0.2) is 30.3 Å². The molecule has 0 atom stereocenters. The zero-order valence-corrected chi connectivity index (χ0v) is 19.3. The number of thiophene rings is 1. The SMILES string of the molecule is Cl.O=C(NCCCSCc1ccccc1F)c1cc2c(s1)C1(CCNCC1)OCC2. The molecule has 1 saturated heterocycles. The van der Waals surface area contributed by atoms with Gasteiger partial charge in [-0.15, -0.1) is 23.7 Å². The van der Waals surface area contributed by atoms with E-state index in [0.29, 0.717) is 12.3 Å². The van der Waals surface area contributed by atoms with Crippen molar-refractivity contribution >= 4 is 41.4 Å². The van der Waals surface area contributed by atoms with Gasteiger partial charge in [0.05, 0.1) is 11.5 Å². The molecule has 3 heterocycles. The van der Waals surface area contributed by atoms with Gasteiger partial charge in [-0.05, 0) is 67.8 Å².